The van der Waals surface area contributed by atoms with Gasteiger partial charge in [-0.25, -0.2) is 0 Å². The van der Waals surface area contributed by atoms with Crippen LogP contribution in [0.2, 0.25) is 0 Å². The van der Waals surface area contributed by atoms with E-state index in [1.165, 1.54) is 4.90 Å². The average Bonchev–Trinajstić information content (AvgIpc) is 3.48. The van der Waals surface area contributed by atoms with Gasteiger partial charge in [0.1, 0.15) is 11.3 Å². The Bertz CT molecular complexity index is 1390. The van der Waals surface area contributed by atoms with Crippen LogP contribution in [0.3, 0.4) is 0 Å². The maximum atomic E-state index is 14.0. The van der Waals surface area contributed by atoms with Crippen molar-refractivity contribution in [3.8, 4) is 5.75 Å². The second kappa shape index (κ2) is 8.85. The number of fused-ring (bicyclic) bond motifs is 4. The second-order valence-corrected chi connectivity index (χ2v) is 10.2. The summed E-state index contributed by atoms with van der Waals surface area (Å²) in [7, 11) is 0. The van der Waals surface area contributed by atoms with E-state index in [-0.39, 0.29) is 30.0 Å². The molecule has 0 radical (unpaired) electrons. The van der Waals surface area contributed by atoms with Crippen LogP contribution in [-0.2, 0) is 39.2 Å². The first-order valence-electron chi connectivity index (χ1n) is 12.8. The van der Waals surface area contributed by atoms with Gasteiger partial charge in [-0.1, -0.05) is 61.5 Å². The number of carbonyl (C=O) groups excluding carboxylic acids is 3. The second-order valence-electron chi connectivity index (χ2n) is 10.2. The van der Waals surface area contributed by atoms with Gasteiger partial charge < -0.3 is 10.4 Å². The average molecular weight is 496 g/mol. The van der Waals surface area contributed by atoms with E-state index in [0.717, 1.165) is 28.7 Å². The largest absolute Gasteiger partial charge is 0.508 e. The van der Waals surface area contributed by atoms with Crippen LogP contribution >= 0.6 is 0 Å². The van der Waals surface area contributed by atoms with Gasteiger partial charge in [-0.15, -0.1) is 0 Å². The van der Waals surface area contributed by atoms with Crippen molar-refractivity contribution in [1.82, 2.24) is 10.2 Å². The minimum atomic E-state index is -1.30. The molecule has 3 aliphatic heterocycles. The number of phenols is 1. The van der Waals surface area contributed by atoms with E-state index < -0.39 is 23.4 Å². The third kappa shape index (κ3) is 3.64. The number of amides is 3. The number of benzene rings is 3. The van der Waals surface area contributed by atoms with Crippen molar-refractivity contribution in [2.45, 2.75) is 37.8 Å². The third-order valence-electron chi connectivity index (χ3n) is 8.14. The Hall–Kier alpha value is -3.97. The molecule has 0 aliphatic carbocycles. The first-order chi connectivity index (χ1) is 17.9. The summed E-state index contributed by atoms with van der Waals surface area (Å²) < 4.78 is 0. The van der Waals surface area contributed by atoms with Gasteiger partial charge in [0.15, 0.2) is 0 Å². The fraction of sp³-hybridized carbons (Fsp3) is 0.300. The lowest BCUT2D eigenvalue weighted by Gasteiger charge is -2.30. The quantitative estimate of drug-likeness (QED) is 0.457. The molecule has 3 aromatic rings. The number of imide groups is 1. The van der Waals surface area contributed by atoms with E-state index in [9.17, 15) is 19.5 Å². The lowest BCUT2D eigenvalue weighted by atomic mass is 9.76. The molecular weight excluding hydrogens is 466 g/mol. The van der Waals surface area contributed by atoms with E-state index in [4.69, 9.17) is 0 Å². The summed E-state index contributed by atoms with van der Waals surface area (Å²) in [5, 5.41) is 16.2. The molecule has 7 nitrogen and oxygen atoms in total. The topological polar surface area (TPSA) is 98.7 Å². The molecule has 3 aromatic carbocycles. The lowest BCUT2D eigenvalue weighted by Crippen LogP contribution is -2.53. The van der Waals surface area contributed by atoms with Crippen LogP contribution < -0.4 is 10.6 Å². The van der Waals surface area contributed by atoms with Gasteiger partial charge in [0.05, 0.1) is 11.8 Å². The SMILES string of the molecule is CCc1ccc2c(c1)[C@@]1(N[C@H](Cc3ccc(O)cc3)[C@H]3C(=O)N(CCc4ccccc4)C(=O)[C@@H]31)C(=O)N2. The highest BCUT2D eigenvalue weighted by atomic mass is 16.3. The zero-order chi connectivity index (χ0) is 25.7. The van der Waals surface area contributed by atoms with Crippen LogP contribution in [0.15, 0.2) is 72.8 Å². The molecule has 3 heterocycles. The van der Waals surface area contributed by atoms with Gasteiger partial charge in [0.25, 0.3) is 0 Å². The number of aromatic hydroxyl groups is 1. The number of anilines is 1. The summed E-state index contributed by atoms with van der Waals surface area (Å²) in [5.74, 6) is -2.15. The fourth-order valence-corrected chi connectivity index (χ4v) is 6.30. The molecule has 2 saturated heterocycles. The molecule has 4 atom stereocenters. The van der Waals surface area contributed by atoms with Gasteiger partial charge in [-0.3, -0.25) is 24.6 Å². The van der Waals surface area contributed by atoms with Gasteiger partial charge in [0, 0.05) is 23.8 Å². The van der Waals surface area contributed by atoms with Crippen LogP contribution in [0.1, 0.15) is 29.2 Å². The molecule has 6 rings (SSSR count). The number of rotatable bonds is 6. The van der Waals surface area contributed by atoms with Crippen molar-refractivity contribution >= 4 is 23.4 Å². The smallest absolute Gasteiger partial charge is 0.250 e. The van der Waals surface area contributed by atoms with Crippen LogP contribution in [0.25, 0.3) is 0 Å². The maximum Gasteiger partial charge on any atom is 0.250 e. The molecule has 3 amide bonds. The third-order valence-corrected chi connectivity index (χ3v) is 8.14. The fourth-order valence-electron chi connectivity index (χ4n) is 6.30. The molecule has 7 heteroatoms. The standard InChI is InChI=1S/C30H29N3O4/c1-2-18-10-13-23-22(16-18)30(29(37)31-23)26-25(24(32-30)17-20-8-11-21(34)12-9-20)27(35)33(28(26)36)15-14-19-6-4-3-5-7-19/h3-13,16,24-26,32,34H,2,14-15,17H2,1H3,(H,31,37)/t24-,25-,26-,30+/m1/s1. The van der Waals surface area contributed by atoms with E-state index in [1.54, 1.807) is 12.1 Å². The Morgan fingerprint density at radius 2 is 1.62 bits per heavy atom. The minimum Gasteiger partial charge on any atom is -0.508 e. The van der Waals surface area contributed by atoms with Crippen molar-refractivity contribution < 1.29 is 19.5 Å². The number of carbonyl (C=O) groups is 3. The molecule has 3 aliphatic rings. The summed E-state index contributed by atoms with van der Waals surface area (Å²) in [4.78, 5) is 42.9. The Kier molecular flexibility index (Phi) is 5.60. The molecule has 0 unspecified atom stereocenters. The summed E-state index contributed by atoms with van der Waals surface area (Å²) in [5.41, 5.74) is 3.14. The molecule has 0 aromatic heterocycles. The molecule has 0 saturated carbocycles. The van der Waals surface area contributed by atoms with Gasteiger partial charge in [-0.05, 0) is 54.2 Å². The number of nitrogens with one attached hydrogen (secondary N) is 2. The van der Waals surface area contributed by atoms with Crippen LogP contribution in [-0.4, -0.2) is 40.3 Å². The Morgan fingerprint density at radius 1 is 0.892 bits per heavy atom. The highest BCUT2D eigenvalue weighted by molar-refractivity contribution is 6.15. The monoisotopic (exact) mass is 495 g/mol. The van der Waals surface area contributed by atoms with E-state index >= 15 is 0 Å². The first-order valence-corrected chi connectivity index (χ1v) is 12.8. The Balaban J connectivity index is 1.41. The Labute approximate surface area is 215 Å². The molecular formula is C30H29N3O4. The van der Waals surface area contributed by atoms with Crippen molar-refractivity contribution in [2.24, 2.45) is 11.8 Å². The summed E-state index contributed by atoms with van der Waals surface area (Å²) in [6.07, 6.45) is 1.80. The first kappa shape index (κ1) is 23.4. The predicted molar refractivity (Wildman–Crippen MR) is 139 cm³/mol. The van der Waals surface area contributed by atoms with Gasteiger partial charge in [0.2, 0.25) is 17.7 Å². The van der Waals surface area contributed by atoms with Crippen molar-refractivity contribution in [1.29, 1.82) is 0 Å². The maximum absolute atomic E-state index is 14.0. The van der Waals surface area contributed by atoms with Crippen molar-refractivity contribution in [3.05, 3.63) is 95.1 Å². The molecule has 37 heavy (non-hydrogen) atoms. The molecule has 0 bridgehead atoms. The summed E-state index contributed by atoms with van der Waals surface area (Å²) in [6.45, 7) is 2.33. The van der Waals surface area contributed by atoms with E-state index in [0.29, 0.717) is 18.5 Å². The van der Waals surface area contributed by atoms with Crippen LogP contribution in [0.4, 0.5) is 5.69 Å². The van der Waals surface area contributed by atoms with Gasteiger partial charge in [-0.2, -0.15) is 0 Å². The number of phenolic OH excluding ortho intramolecular Hbond substituents is 1. The summed E-state index contributed by atoms with van der Waals surface area (Å²) in [6, 6.07) is 22.0. The van der Waals surface area contributed by atoms with Crippen molar-refractivity contribution in [3.63, 3.8) is 0 Å². The number of likely N-dealkylation sites (tertiary alicyclic amines) is 1. The van der Waals surface area contributed by atoms with Crippen LogP contribution in [0, 0.1) is 11.8 Å². The van der Waals surface area contributed by atoms with E-state index in [1.807, 2.05) is 67.6 Å². The molecule has 188 valence electrons. The number of hydrogen-bond donors (Lipinski definition) is 3. The number of hydrogen-bond acceptors (Lipinski definition) is 5. The van der Waals surface area contributed by atoms with E-state index in [2.05, 4.69) is 10.6 Å². The summed E-state index contributed by atoms with van der Waals surface area (Å²) >= 11 is 0. The Morgan fingerprint density at radius 3 is 2.35 bits per heavy atom. The van der Waals surface area contributed by atoms with Crippen LogP contribution in [0.5, 0.6) is 5.75 Å². The molecule has 2 fully saturated rings. The number of nitrogens with zero attached hydrogens (tertiary/aromatic N) is 1. The zero-order valence-electron chi connectivity index (χ0n) is 20.6. The van der Waals surface area contributed by atoms with Gasteiger partial charge >= 0.3 is 0 Å². The molecule has 3 N–H and O–H groups in total. The highest BCUT2D eigenvalue weighted by Crippen LogP contribution is 2.53. The normalized spacial score (nSPS) is 26.0. The zero-order valence-corrected chi connectivity index (χ0v) is 20.6. The predicted octanol–water partition coefficient (Wildman–Crippen LogP) is 3.16. The lowest BCUT2D eigenvalue weighted by molar-refractivity contribution is -0.142. The number of aryl methyl sites for hydroxylation is 1. The highest BCUT2D eigenvalue weighted by Gasteiger charge is 2.70. The minimum absolute atomic E-state index is 0.160. The molecule has 1 spiro atoms. The van der Waals surface area contributed by atoms with Crippen molar-refractivity contribution in [2.75, 3.05) is 11.9 Å².